The highest BCUT2D eigenvalue weighted by Gasteiger charge is 2.11. The van der Waals surface area contributed by atoms with E-state index in [1.807, 2.05) is 18.2 Å². The molecular weight excluding hydrogens is 252 g/mol. The van der Waals surface area contributed by atoms with E-state index >= 15 is 0 Å². The normalized spacial score (nSPS) is 16.1. The summed E-state index contributed by atoms with van der Waals surface area (Å²) >= 11 is 0. The third-order valence-corrected chi connectivity index (χ3v) is 3.52. The van der Waals surface area contributed by atoms with Gasteiger partial charge in [0.25, 0.3) is 5.91 Å². The number of likely N-dealkylation sites (tertiary alicyclic amines) is 1. The Labute approximate surface area is 119 Å². The zero-order chi connectivity index (χ0) is 14.4. The van der Waals surface area contributed by atoms with Crippen molar-refractivity contribution in [2.24, 2.45) is 10.7 Å². The van der Waals surface area contributed by atoms with Gasteiger partial charge in [-0.15, -0.1) is 0 Å². The van der Waals surface area contributed by atoms with Crippen LogP contribution in [-0.2, 0) is 6.54 Å². The maximum absolute atomic E-state index is 11.6. The van der Waals surface area contributed by atoms with E-state index < -0.39 is 0 Å². The van der Waals surface area contributed by atoms with Gasteiger partial charge >= 0.3 is 0 Å². The average Bonchev–Trinajstić information content (AvgIpc) is 2.53. The van der Waals surface area contributed by atoms with Gasteiger partial charge in [-0.3, -0.25) is 4.79 Å². The molecule has 1 amide bonds. The lowest BCUT2D eigenvalue weighted by Gasteiger charge is -2.27. The Hall–Kier alpha value is -2.04. The average molecular weight is 274 g/mol. The van der Waals surface area contributed by atoms with Crippen LogP contribution in [0.4, 0.5) is 0 Å². The molecule has 3 N–H and O–H groups in total. The SMILES string of the molecule is CNC(=O)c1cccc(CN=C(N)N2CCCCC2)c1. The molecule has 1 fully saturated rings. The largest absolute Gasteiger partial charge is 0.370 e. The molecule has 0 atom stereocenters. The molecule has 0 unspecified atom stereocenters. The van der Waals surface area contributed by atoms with Gasteiger partial charge in [-0.25, -0.2) is 4.99 Å². The molecule has 0 aliphatic carbocycles. The van der Waals surface area contributed by atoms with Gasteiger partial charge in [0.15, 0.2) is 5.96 Å². The van der Waals surface area contributed by atoms with Crippen LogP contribution in [0.5, 0.6) is 0 Å². The Balaban J connectivity index is 2.00. The number of piperidine rings is 1. The van der Waals surface area contributed by atoms with Crippen molar-refractivity contribution in [2.45, 2.75) is 25.8 Å². The molecule has 0 spiro atoms. The molecule has 0 aromatic heterocycles. The van der Waals surface area contributed by atoms with Crippen LogP contribution in [0.1, 0.15) is 35.2 Å². The molecule has 2 rings (SSSR count). The van der Waals surface area contributed by atoms with Crippen LogP contribution in [0, 0.1) is 0 Å². The van der Waals surface area contributed by atoms with E-state index in [0.29, 0.717) is 18.1 Å². The van der Waals surface area contributed by atoms with Crippen molar-refractivity contribution in [3.63, 3.8) is 0 Å². The second kappa shape index (κ2) is 6.93. The Bertz CT molecular complexity index is 492. The summed E-state index contributed by atoms with van der Waals surface area (Å²) in [4.78, 5) is 18.1. The fraction of sp³-hybridized carbons (Fsp3) is 0.467. The van der Waals surface area contributed by atoms with Crippen molar-refractivity contribution in [3.05, 3.63) is 35.4 Å². The molecule has 0 bridgehead atoms. The minimum atomic E-state index is -0.0835. The van der Waals surface area contributed by atoms with Crippen molar-refractivity contribution < 1.29 is 4.79 Å². The number of nitrogens with zero attached hydrogens (tertiary/aromatic N) is 2. The van der Waals surface area contributed by atoms with E-state index in [-0.39, 0.29) is 5.91 Å². The maximum Gasteiger partial charge on any atom is 0.251 e. The zero-order valence-corrected chi connectivity index (χ0v) is 11.9. The van der Waals surface area contributed by atoms with Crippen LogP contribution in [0.15, 0.2) is 29.3 Å². The van der Waals surface area contributed by atoms with E-state index in [0.717, 1.165) is 18.7 Å². The highest BCUT2D eigenvalue weighted by molar-refractivity contribution is 5.94. The Kier molecular flexibility index (Phi) is 4.98. The number of aliphatic imine (C=N–C) groups is 1. The molecule has 1 aliphatic rings. The number of rotatable bonds is 3. The van der Waals surface area contributed by atoms with Crippen LogP contribution >= 0.6 is 0 Å². The van der Waals surface area contributed by atoms with Gasteiger partial charge < -0.3 is 16.0 Å². The quantitative estimate of drug-likeness (QED) is 0.645. The summed E-state index contributed by atoms with van der Waals surface area (Å²) in [6, 6.07) is 7.47. The van der Waals surface area contributed by atoms with Gasteiger partial charge in [0.2, 0.25) is 0 Å². The second-order valence-corrected chi connectivity index (χ2v) is 5.00. The molecule has 1 aliphatic heterocycles. The third kappa shape index (κ3) is 3.73. The number of amides is 1. The van der Waals surface area contributed by atoms with E-state index in [1.54, 1.807) is 13.1 Å². The number of hydrogen-bond donors (Lipinski definition) is 2. The minimum absolute atomic E-state index is 0.0835. The number of nitrogens with one attached hydrogen (secondary N) is 1. The van der Waals surface area contributed by atoms with Crippen molar-refractivity contribution in [1.29, 1.82) is 0 Å². The number of guanidine groups is 1. The molecule has 1 aromatic rings. The lowest BCUT2D eigenvalue weighted by atomic mass is 10.1. The van der Waals surface area contributed by atoms with Crippen LogP contribution < -0.4 is 11.1 Å². The molecule has 1 saturated heterocycles. The summed E-state index contributed by atoms with van der Waals surface area (Å²) in [6.45, 7) is 2.49. The molecule has 1 aromatic carbocycles. The predicted molar refractivity (Wildman–Crippen MR) is 80.6 cm³/mol. The molecule has 20 heavy (non-hydrogen) atoms. The predicted octanol–water partition coefficient (Wildman–Crippen LogP) is 1.35. The van der Waals surface area contributed by atoms with E-state index in [9.17, 15) is 4.79 Å². The molecular formula is C15H22N4O. The highest BCUT2D eigenvalue weighted by atomic mass is 16.1. The van der Waals surface area contributed by atoms with Crippen LogP contribution in [0.25, 0.3) is 0 Å². The minimum Gasteiger partial charge on any atom is -0.370 e. The molecule has 0 saturated carbocycles. The number of carbonyl (C=O) groups excluding carboxylic acids is 1. The zero-order valence-electron chi connectivity index (χ0n) is 11.9. The van der Waals surface area contributed by atoms with Gasteiger partial charge in [-0.2, -0.15) is 0 Å². The summed E-state index contributed by atoms with van der Waals surface area (Å²) in [7, 11) is 1.63. The number of carbonyl (C=O) groups is 1. The van der Waals surface area contributed by atoms with Crippen LogP contribution in [0.3, 0.4) is 0 Å². The summed E-state index contributed by atoms with van der Waals surface area (Å²) < 4.78 is 0. The molecule has 1 heterocycles. The fourth-order valence-corrected chi connectivity index (χ4v) is 2.35. The smallest absolute Gasteiger partial charge is 0.251 e. The van der Waals surface area contributed by atoms with E-state index in [1.165, 1.54) is 19.3 Å². The van der Waals surface area contributed by atoms with Crippen molar-refractivity contribution >= 4 is 11.9 Å². The first-order valence-corrected chi connectivity index (χ1v) is 7.06. The summed E-state index contributed by atoms with van der Waals surface area (Å²) in [5, 5.41) is 2.62. The summed E-state index contributed by atoms with van der Waals surface area (Å²) in [5.74, 6) is 0.523. The van der Waals surface area contributed by atoms with Crippen molar-refractivity contribution in [2.75, 3.05) is 20.1 Å². The molecule has 5 heteroatoms. The topological polar surface area (TPSA) is 70.7 Å². The number of hydrogen-bond acceptors (Lipinski definition) is 2. The lowest BCUT2D eigenvalue weighted by Crippen LogP contribution is -2.40. The second-order valence-electron chi connectivity index (χ2n) is 5.00. The first-order valence-electron chi connectivity index (χ1n) is 7.06. The van der Waals surface area contributed by atoms with Gasteiger partial charge in [-0.1, -0.05) is 12.1 Å². The number of nitrogens with two attached hydrogens (primary N) is 1. The molecule has 5 nitrogen and oxygen atoms in total. The first kappa shape index (κ1) is 14.4. The van der Waals surface area contributed by atoms with E-state index in [2.05, 4.69) is 15.2 Å². The first-order chi connectivity index (χ1) is 9.70. The van der Waals surface area contributed by atoms with E-state index in [4.69, 9.17) is 5.73 Å². The highest BCUT2D eigenvalue weighted by Crippen LogP contribution is 2.10. The van der Waals surface area contributed by atoms with Gasteiger partial charge in [0, 0.05) is 25.7 Å². The summed E-state index contributed by atoms with van der Waals surface area (Å²) in [6.07, 6.45) is 3.64. The Morgan fingerprint density at radius 3 is 2.80 bits per heavy atom. The van der Waals surface area contributed by atoms with Gasteiger partial charge in [-0.05, 0) is 37.0 Å². The summed E-state index contributed by atoms with van der Waals surface area (Å²) in [5.41, 5.74) is 7.66. The monoisotopic (exact) mass is 274 g/mol. The maximum atomic E-state index is 11.6. The van der Waals surface area contributed by atoms with Crippen molar-refractivity contribution in [3.8, 4) is 0 Å². The third-order valence-electron chi connectivity index (χ3n) is 3.52. The van der Waals surface area contributed by atoms with Crippen LogP contribution in [0.2, 0.25) is 0 Å². The number of benzene rings is 1. The lowest BCUT2D eigenvalue weighted by molar-refractivity contribution is 0.0963. The van der Waals surface area contributed by atoms with Crippen molar-refractivity contribution in [1.82, 2.24) is 10.2 Å². The Morgan fingerprint density at radius 1 is 1.35 bits per heavy atom. The molecule has 108 valence electrons. The fourth-order valence-electron chi connectivity index (χ4n) is 2.35. The Morgan fingerprint density at radius 2 is 2.10 bits per heavy atom. The molecule has 0 radical (unpaired) electrons. The standard InChI is InChI=1S/C15H22N4O/c1-17-14(20)13-7-5-6-12(10-13)11-18-15(16)19-8-3-2-4-9-19/h5-7,10H,2-4,8-9,11H2,1H3,(H2,16,18)(H,17,20). The van der Waals surface area contributed by atoms with Crippen LogP contribution in [-0.4, -0.2) is 36.9 Å². The van der Waals surface area contributed by atoms with Gasteiger partial charge in [0.1, 0.15) is 0 Å². The van der Waals surface area contributed by atoms with Gasteiger partial charge in [0.05, 0.1) is 6.54 Å².